The Kier molecular flexibility index (Phi) is 3.21. The number of piperidine rings is 1. The van der Waals surface area contributed by atoms with Crippen molar-refractivity contribution in [3.8, 4) is 0 Å². The highest BCUT2D eigenvalue weighted by Crippen LogP contribution is 2.21. The van der Waals surface area contributed by atoms with E-state index >= 15 is 0 Å². The van der Waals surface area contributed by atoms with Gasteiger partial charge >= 0.3 is 0 Å². The Labute approximate surface area is 89.9 Å². The van der Waals surface area contributed by atoms with Crippen molar-refractivity contribution < 1.29 is 4.39 Å². The molecule has 1 aliphatic rings. The maximum atomic E-state index is 13.5. The maximum absolute atomic E-state index is 13.5. The van der Waals surface area contributed by atoms with Crippen LogP contribution in [0.1, 0.15) is 18.4 Å². The largest absolute Gasteiger partial charge is 0.380 e. The van der Waals surface area contributed by atoms with Crippen molar-refractivity contribution in [2.75, 3.05) is 18.4 Å². The Balaban J connectivity index is 2.09. The summed E-state index contributed by atoms with van der Waals surface area (Å²) < 4.78 is 13.5. The lowest BCUT2D eigenvalue weighted by Gasteiger charge is -2.25. The highest BCUT2D eigenvalue weighted by atomic mass is 19.1. The number of anilines is 1. The minimum Gasteiger partial charge on any atom is -0.380 e. The average molecular weight is 208 g/mol. The Morgan fingerprint density at radius 1 is 1.33 bits per heavy atom. The molecule has 2 rings (SSSR count). The monoisotopic (exact) mass is 208 g/mol. The molecule has 1 heterocycles. The van der Waals surface area contributed by atoms with Crippen LogP contribution in [0.5, 0.6) is 0 Å². The van der Waals surface area contributed by atoms with Gasteiger partial charge in [-0.25, -0.2) is 4.39 Å². The van der Waals surface area contributed by atoms with Gasteiger partial charge in [-0.15, -0.1) is 0 Å². The predicted molar refractivity (Wildman–Crippen MR) is 60.7 cm³/mol. The first-order chi connectivity index (χ1) is 7.27. The molecule has 1 aromatic carbocycles. The summed E-state index contributed by atoms with van der Waals surface area (Å²) in [4.78, 5) is 0. The van der Waals surface area contributed by atoms with E-state index in [4.69, 9.17) is 0 Å². The van der Waals surface area contributed by atoms with Gasteiger partial charge in [-0.1, -0.05) is 12.1 Å². The quantitative estimate of drug-likeness (QED) is 0.779. The van der Waals surface area contributed by atoms with Crippen LogP contribution in [0.4, 0.5) is 10.1 Å². The molecule has 0 atom stereocenters. The van der Waals surface area contributed by atoms with Gasteiger partial charge in [-0.3, -0.25) is 0 Å². The first kappa shape index (κ1) is 10.4. The number of nitrogens with one attached hydrogen (secondary N) is 2. The number of para-hydroxylation sites is 1. The van der Waals surface area contributed by atoms with Crippen LogP contribution >= 0.6 is 0 Å². The number of benzene rings is 1. The fourth-order valence-corrected chi connectivity index (χ4v) is 1.99. The minimum absolute atomic E-state index is 0.145. The molecular formula is C12H17FN2. The smallest absolute Gasteiger partial charge is 0.146 e. The third-order valence-corrected chi connectivity index (χ3v) is 2.91. The molecule has 3 heteroatoms. The van der Waals surface area contributed by atoms with Gasteiger partial charge in [0.15, 0.2) is 0 Å². The molecular weight excluding hydrogens is 191 g/mol. The number of hydrogen-bond acceptors (Lipinski definition) is 2. The van der Waals surface area contributed by atoms with Crippen LogP contribution < -0.4 is 10.6 Å². The second kappa shape index (κ2) is 4.62. The van der Waals surface area contributed by atoms with Gasteiger partial charge in [-0.2, -0.15) is 0 Å². The SMILES string of the molecule is Cc1cccc(F)c1NC1CCNCC1. The van der Waals surface area contributed by atoms with Crippen molar-refractivity contribution in [3.63, 3.8) is 0 Å². The van der Waals surface area contributed by atoms with Crippen molar-refractivity contribution in [2.24, 2.45) is 0 Å². The summed E-state index contributed by atoms with van der Waals surface area (Å²) in [7, 11) is 0. The summed E-state index contributed by atoms with van der Waals surface area (Å²) >= 11 is 0. The first-order valence-corrected chi connectivity index (χ1v) is 5.50. The zero-order chi connectivity index (χ0) is 10.7. The van der Waals surface area contributed by atoms with Crippen molar-refractivity contribution in [3.05, 3.63) is 29.6 Å². The maximum Gasteiger partial charge on any atom is 0.146 e. The summed E-state index contributed by atoms with van der Waals surface area (Å²) in [5, 5.41) is 6.60. The van der Waals surface area contributed by atoms with Crippen molar-refractivity contribution in [1.82, 2.24) is 5.32 Å². The van der Waals surface area contributed by atoms with Gasteiger partial charge in [0.2, 0.25) is 0 Å². The average Bonchev–Trinajstić information content (AvgIpc) is 2.25. The summed E-state index contributed by atoms with van der Waals surface area (Å²) in [6.07, 6.45) is 2.13. The van der Waals surface area contributed by atoms with E-state index in [1.165, 1.54) is 6.07 Å². The molecule has 0 unspecified atom stereocenters. The number of aryl methyl sites for hydroxylation is 1. The summed E-state index contributed by atoms with van der Waals surface area (Å²) in [6, 6.07) is 5.60. The lowest BCUT2D eigenvalue weighted by atomic mass is 10.1. The van der Waals surface area contributed by atoms with E-state index in [9.17, 15) is 4.39 Å². The van der Waals surface area contributed by atoms with Gasteiger partial charge in [0.25, 0.3) is 0 Å². The number of halogens is 1. The van der Waals surface area contributed by atoms with Crippen LogP contribution in [-0.4, -0.2) is 19.1 Å². The summed E-state index contributed by atoms with van der Waals surface area (Å²) in [5.74, 6) is -0.145. The van der Waals surface area contributed by atoms with Gasteiger partial charge in [0.05, 0.1) is 5.69 Å². The molecule has 0 spiro atoms. The second-order valence-electron chi connectivity index (χ2n) is 4.10. The predicted octanol–water partition coefficient (Wildman–Crippen LogP) is 2.30. The zero-order valence-corrected chi connectivity index (χ0v) is 9.02. The Morgan fingerprint density at radius 2 is 2.07 bits per heavy atom. The Hall–Kier alpha value is -1.09. The van der Waals surface area contributed by atoms with Crippen molar-refractivity contribution >= 4 is 5.69 Å². The van der Waals surface area contributed by atoms with Crippen LogP contribution in [0.15, 0.2) is 18.2 Å². The fourth-order valence-electron chi connectivity index (χ4n) is 1.99. The first-order valence-electron chi connectivity index (χ1n) is 5.50. The van der Waals surface area contributed by atoms with Gasteiger partial charge < -0.3 is 10.6 Å². The molecule has 1 saturated heterocycles. The van der Waals surface area contributed by atoms with Gasteiger partial charge in [0, 0.05) is 6.04 Å². The van der Waals surface area contributed by atoms with Gasteiger partial charge in [-0.05, 0) is 44.5 Å². The van der Waals surface area contributed by atoms with Crippen molar-refractivity contribution in [2.45, 2.75) is 25.8 Å². The lowest BCUT2D eigenvalue weighted by molar-refractivity contribution is 0.476. The van der Waals surface area contributed by atoms with E-state index in [2.05, 4.69) is 10.6 Å². The molecule has 1 aromatic rings. The zero-order valence-electron chi connectivity index (χ0n) is 9.02. The minimum atomic E-state index is -0.145. The molecule has 0 bridgehead atoms. The summed E-state index contributed by atoms with van der Waals surface area (Å²) in [6.45, 7) is 3.98. The molecule has 0 saturated carbocycles. The van der Waals surface area contributed by atoms with Crippen LogP contribution in [0.3, 0.4) is 0 Å². The molecule has 2 N–H and O–H groups in total. The van der Waals surface area contributed by atoms with E-state index in [1.807, 2.05) is 13.0 Å². The standard InChI is InChI=1S/C12H17FN2/c1-9-3-2-4-11(13)12(9)15-10-5-7-14-8-6-10/h2-4,10,14-15H,5-8H2,1H3. The van der Waals surface area contributed by atoms with Crippen LogP contribution in [0.2, 0.25) is 0 Å². The van der Waals surface area contributed by atoms with Crippen LogP contribution in [0, 0.1) is 12.7 Å². The normalized spacial score (nSPS) is 17.7. The highest BCUT2D eigenvalue weighted by molar-refractivity contribution is 5.52. The van der Waals surface area contributed by atoms with E-state index in [0.717, 1.165) is 31.5 Å². The van der Waals surface area contributed by atoms with E-state index in [0.29, 0.717) is 11.7 Å². The van der Waals surface area contributed by atoms with Gasteiger partial charge in [0.1, 0.15) is 5.82 Å². The van der Waals surface area contributed by atoms with Crippen LogP contribution in [0.25, 0.3) is 0 Å². The van der Waals surface area contributed by atoms with Crippen LogP contribution in [-0.2, 0) is 0 Å². The lowest BCUT2D eigenvalue weighted by Crippen LogP contribution is -2.35. The Bertz CT molecular complexity index is 312. The molecule has 1 aliphatic heterocycles. The topological polar surface area (TPSA) is 24.1 Å². The molecule has 15 heavy (non-hydrogen) atoms. The fraction of sp³-hybridized carbons (Fsp3) is 0.500. The number of hydrogen-bond donors (Lipinski definition) is 2. The molecule has 2 nitrogen and oxygen atoms in total. The van der Waals surface area contributed by atoms with Crippen molar-refractivity contribution in [1.29, 1.82) is 0 Å². The Morgan fingerprint density at radius 3 is 2.73 bits per heavy atom. The third-order valence-electron chi connectivity index (χ3n) is 2.91. The van der Waals surface area contributed by atoms with E-state index in [-0.39, 0.29) is 5.82 Å². The van der Waals surface area contributed by atoms with E-state index in [1.54, 1.807) is 6.07 Å². The number of rotatable bonds is 2. The molecule has 0 amide bonds. The summed E-state index contributed by atoms with van der Waals surface area (Å²) in [5.41, 5.74) is 1.65. The molecule has 0 radical (unpaired) electrons. The van der Waals surface area contributed by atoms with E-state index < -0.39 is 0 Å². The molecule has 0 aromatic heterocycles. The molecule has 0 aliphatic carbocycles. The second-order valence-corrected chi connectivity index (χ2v) is 4.10. The third kappa shape index (κ3) is 2.48. The molecule has 82 valence electrons. The highest BCUT2D eigenvalue weighted by Gasteiger charge is 2.15. The molecule has 1 fully saturated rings.